The first-order chi connectivity index (χ1) is 11.7. The number of benzene rings is 2. The number of amides is 1. The number of ether oxygens (including phenoxy) is 1. The Morgan fingerprint density at radius 1 is 1.12 bits per heavy atom. The molecular formula is C20H21NO3. The van der Waals surface area contributed by atoms with Crippen molar-refractivity contribution >= 4 is 5.91 Å². The number of carbonyl (C=O) groups is 1. The van der Waals surface area contributed by atoms with E-state index >= 15 is 0 Å². The summed E-state index contributed by atoms with van der Waals surface area (Å²) in [7, 11) is 0. The van der Waals surface area contributed by atoms with Gasteiger partial charge >= 0.3 is 0 Å². The van der Waals surface area contributed by atoms with Crippen LogP contribution < -0.4 is 0 Å². The largest absolute Gasteiger partial charge is 0.508 e. The van der Waals surface area contributed by atoms with Crippen LogP contribution in [0.15, 0.2) is 54.6 Å². The minimum absolute atomic E-state index is 0.179. The molecule has 4 heteroatoms. The van der Waals surface area contributed by atoms with Crippen LogP contribution in [0.4, 0.5) is 0 Å². The van der Waals surface area contributed by atoms with Crippen molar-refractivity contribution in [2.45, 2.75) is 24.4 Å². The molecule has 1 saturated heterocycles. The minimum Gasteiger partial charge on any atom is -0.508 e. The van der Waals surface area contributed by atoms with E-state index < -0.39 is 0 Å². The molecule has 1 atom stereocenters. The van der Waals surface area contributed by atoms with Gasteiger partial charge < -0.3 is 14.7 Å². The third kappa shape index (κ3) is 2.67. The predicted molar refractivity (Wildman–Crippen MR) is 90.7 cm³/mol. The van der Waals surface area contributed by atoms with Crippen LogP contribution in [-0.2, 0) is 14.9 Å². The first-order valence-corrected chi connectivity index (χ1v) is 8.44. The van der Waals surface area contributed by atoms with Crippen LogP contribution in [0.5, 0.6) is 5.75 Å². The van der Waals surface area contributed by atoms with Crippen LogP contribution in [0.25, 0.3) is 0 Å². The lowest BCUT2D eigenvalue weighted by molar-refractivity contribution is -0.141. The SMILES string of the molecule is O=C(N1CCO[C@H](c2cccc(O)c2)C1)C1(c2ccccc2)CC1. The molecule has 0 radical (unpaired) electrons. The summed E-state index contributed by atoms with van der Waals surface area (Å²) < 4.78 is 5.83. The second-order valence-corrected chi connectivity index (χ2v) is 6.65. The molecule has 1 heterocycles. The van der Waals surface area contributed by atoms with E-state index in [0.29, 0.717) is 19.7 Å². The molecule has 2 fully saturated rings. The fourth-order valence-electron chi connectivity index (χ4n) is 3.57. The zero-order valence-corrected chi connectivity index (χ0v) is 13.5. The van der Waals surface area contributed by atoms with Crippen molar-refractivity contribution in [1.82, 2.24) is 4.90 Å². The quantitative estimate of drug-likeness (QED) is 0.944. The van der Waals surface area contributed by atoms with Gasteiger partial charge in [-0.25, -0.2) is 0 Å². The number of phenolic OH excluding ortho intramolecular Hbond substituents is 1. The maximum atomic E-state index is 13.1. The Morgan fingerprint density at radius 2 is 1.92 bits per heavy atom. The van der Waals surface area contributed by atoms with Gasteiger partial charge in [0, 0.05) is 6.54 Å². The first-order valence-electron chi connectivity index (χ1n) is 8.44. The highest BCUT2D eigenvalue weighted by molar-refractivity contribution is 5.91. The van der Waals surface area contributed by atoms with Gasteiger partial charge in [0.2, 0.25) is 5.91 Å². The average molecular weight is 323 g/mol. The maximum Gasteiger partial charge on any atom is 0.233 e. The summed E-state index contributed by atoms with van der Waals surface area (Å²) >= 11 is 0. The van der Waals surface area contributed by atoms with E-state index in [1.165, 1.54) is 0 Å². The van der Waals surface area contributed by atoms with E-state index in [0.717, 1.165) is 24.0 Å². The third-order valence-electron chi connectivity index (χ3n) is 5.08. The van der Waals surface area contributed by atoms with Crippen LogP contribution >= 0.6 is 0 Å². The molecule has 0 spiro atoms. The molecule has 1 aliphatic heterocycles. The molecule has 0 bridgehead atoms. The van der Waals surface area contributed by atoms with Crippen LogP contribution in [0, 0.1) is 0 Å². The van der Waals surface area contributed by atoms with Crippen molar-refractivity contribution in [3.63, 3.8) is 0 Å². The number of hydrogen-bond acceptors (Lipinski definition) is 3. The second kappa shape index (κ2) is 5.95. The molecule has 1 saturated carbocycles. The molecule has 2 aromatic rings. The summed E-state index contributed by atoms with van der Waals surface area (Å²) in [5.41, 5.74) is 1.70. The van der Waals surface area contributed by atoms with Crippen LogP contribution in [-0.4, -0.2) is 35.6 Å². The van der Waals surface area contributed by atoms with Gasteiger partial charge in [-0.05, 0) is 36.1 Å². The summed E-state index contributed by atoms with van der Waals surface area (Å²) in [5, 5.41) is 9.67. The lowest BCUT2D eigenvalue weighted by atomic mass is 9.93. The molecule has 4 rings (SSSR count). The molecule has 2 aromatic carbocycles. The molecule has 4 nitrogen and oxygen atoms in total. The summed E-state index contributed by atoms with van der Waals surface area (Å²) in [5.74, 6) is 0.435. The Morgan fingerprint density at radius 3 is 2.62 bits per heavy atom. The molecule has 1 aliphatic carbocycles. The summed E-state index contributed by atoms with van der Waals surface area (Å²) in [4.78, 5) is 15.1. The van der Waals surface area contributed by atoms with Crippen molar-refractivity contribution in [3.05, 3.63) is 65.7 Å². The van der Waals surface area contributed by atoms with Gasteiger partial charge in [-0.3, -0.25) is 4.79 Å². The molecule has 0 unspecified atom stereocenters. The number of nitrogens with zero attached hydrogens (tertiary/aromatic N) is 1. The van der Waals surface area contributed by atoms with Crippen molar-refractivity contribution in [2.75, 3.05) is 19.7 Å². The zero-order chi connectivity index (χ0) is 16.6. The number of phenols is 1. The number of morpholine rings is 1. The molecule has 1 N–H and O–H groups in total. The standard InChI is InChI=1S/C20H21NO3/c22-17-8-4-5-15(13-17)18-14-21(11-12-24-18)19(23)20(9-10-20)16-6-2-1-3-7-16/h1-8,13,18,22H,9-12,14H2/t18-/m0/s1. The van der Waals surface area contributed by atoms with Gasteiger partial charge in [-0.15, -0.1) is 0 Å². The van der Waals surface area contributed by atoms with Crippen molar-refractivity contribution in [3.8, 4) is 5.75 Å². The number of aromatic hydroxyl groups is 1. The molecule has 1 amide bonds. The molecule has 124 valence electrons. The minimum atomic E-state index is -0.331. The van der Waals surface area contributed by atoms with Gasteiger partial charge in [0.05, 0.1) is 18.6 Å². The Labute approximate surface area is 141 Å². The van der Waals surface area contributed by atoms with E-state index in [1.807, 2.05) is 29.2 Å². The van der Waals surface area contributed by atoms with E-state index in [1.54, 1.807) is 18.2 Å². The zero-order valence-electron chi connectivity index (χ0n) is 13.5. The molecular weight excluding hydrogens is 302 g/mol. The van der Waals surface area contributed by atoms with Crippen molar-refractivity contribution in [1.29, 1.82) is 0 Å². The van der Waals surface area contributed by atoms with Crippen molar-refractivity contribution in [2.24, 2.45) is 0 Å². The van der Waals surface area contributed by atoms with Gasteiger partial charge in [-0.2, -0.15) is 0 Å². The van der Waals surface area contributed by atoms with E-state index in [4.69, 9.17) is 4.74 Å². The molecule has 2 aliphatic rings. The van der Waals surface area contributed by atoms with Crippen LogP contribution in [0.3, 0.4) is 0 Å². The maximum absolute atomic E-state index is 13.1. The first kappa shape index (κ1) is 15.2. The third-order valence-corrected chi connectivity index (χ3v) is 5.08. The van der Waals surface area contributed by atoms with Crippen LogP contribution in [0.2, 0.25) is 0 Å². The Bertz CT molecular complexity index is 740. The average Bonchev–Trinajstić information content (AvgIpc) is 3.44. The number of rotatable bonds is 3. The van der Waals surface area contributed by atoms with Crippen LogP contribution in [0.1, 0.15) is 30.1 Å². The highest BCUT2D eigenvalue weighted by Gasteiger charge is 2.53. The second-order valence-electron chi connectivity index (χ2n) is 6.65. The fourth-order valence-corrected chi connectivity index (χ4v) is 3.57. The van der Waals surface area contributed by atoms with E-state index in [2.05, 4.69) is 12.1 Å². The number of carbonyl (C=O) groups excluding carboxylic acids is 1. The lowest BCUT2D eigenvalue weighted by Crippen LogP contribution is -2.46. The van der Waals surface area contributed by atoms with Gasteiger partial charge in [-0.1, -0.05) is 42.5 Å². The Hall–Kier alpha value is -2.33. The molecule has 0 aromatic heterocycles. The van der Waals surface area contributed by atoms with Gasteiger partial charge in [0.25, 0.3) is 0 Å². The van der Waals surface area contributed by atoms with E-state index in [9.17, 15) is 9.90 Å². The Kier molecular flexibility index (Phi) is 3.77. The highest BCUT2D eigenvalue weighted by atomic mass is 16.5. The fraction of sp³-hybridized carbons (Fsp3) is 0.350. The summed E-state index contributed by atoms with van der Waals surface area (Å²) in [6.07, 6.45) is 1.66. The van der Waals surface area contributed by atoms with E-state index in [-0.39, 0.29) is 23.2 Å². The van der Waals surface area contributed by atoms with Gasteiger partial charge in [0.1, 0.15) is 11.9 Å². The summed E-state index contributed by atoms with van der Waals surface area (Å²) in [6, 6.07) is 17.2. The smallest absolute Gasteiger partial charge is 0.233 e. The van der Waals surface area contributed by atoms with Gasteiger partial charge in [0.15, 0.2) is 0 Å². The topological polar surface area (TPSA) is 49.8 Å². The molecule has 24 heavy (non-hydrogen) atoms. The normalized spacial score (nSPS) is 22.2. The summed E-state index contributed by atoms with van der Waals surface area (Å²) in [6.45, 7) is 1.69. The lowest BCUT2D eigenvalue weighted by Gasteiger charge is -2.35. The Balaban J connectivity index is 1.53. The number of hydrogen-bond donors (Lipinski definition) is 1. The monoisotopic (exact) mass is 323 g/mol. The highest BCUT2D eigenvalue weighted by Crippen LogP contribution is 2.50. The predicted octanol–water partition coefficient (Wildman–Crippen LogP) is 3.02. The van der Waals surface area contributed by atoms with Crippen molar-refractivity contribution < 1.29 is 14.6 Å².